The van der Waals surface area contributed by atoms with Crippen molar-refractivity contribution in [1.82, 2.24) is 9.55 Å². The summed E-state index contributed by atoms with van der Waals surface area (Å²) in [5.41, 5.74) is 0.0806. The summed E-state index contributed by atoms with van der Waals surface area (Å²) in [4.78, 5) is 64.8. The summed E-state index contributed by atoms with van der Waals surface area (Å²) in [6.45, 7) is 4.37. The molecule has 288 valence electrons. The molecule has 1 unspecified atom stereocenters. The van der Waals surface area contributed by atoms with Gasteiger partial charge >= 0.3 is 22.7 Å². The maximum atomic E-state index is 10.4. The largest absolute Gasteiger partial charge is 0.497 e. The Balaban J connectivity index is 0.000000194. The molecule has 0 saturated carbocycles. The van der Waals surface area contributed by atoms with E-state index in [4.69, 9.17) is 15.2 Å². The second-order valence-electron chi connectivity index (χ2n) is 11.3. The predicted molar refractivity (Wildman–Crippen MR) is 191 cm³/mol. The molecule has 0 amide bonds. The average molecular weight is 776 g/mol. The van der Waals surface area contributed by atoms with Gasteiger partial charge in [0.05, 0.1) is 89.7 Å². The van der Waals surface area contributed by atoms with E-state index in [1.165, 1.54) is 0 Å². The monoisotopic (exact) mass is 775 g/mol. The van der Waals surface area contributed by atoms with Crippen molar-refractivity contribution in [1.29, 1.82) is 0 Å². The fourth-order valence-electron chi connectivity index (χ4n) is 5.17. The van der Waals surface area contributed by atoms with Gasteiger partial charge in [-0.3, -0.25) is 70.2 Å². The van der Waals surface area contributed by atoms with E-state index in [0.717, 1.165) is 39.6 Å². The van der Waals surface area contributed by atoms with Crippen molar-refractivity contribution in [3.05, 3.63) is 168 Å². The number of phenolic OH excluding ortho intramolecular Hbond substituents is 2. The number of aromatic hydroxyl groups is 2. The number of hydrogen-bond donors (Lipinski definition) is 3. The summed E-state index contributed by atoms with van der Waals surface area (Å²) in [5, 5.41) is 90.4. The van der Waals surface area contributed by atoms with E-state index < -0.39 is 81.3 Å². The molecule has 1 atom stereocenters. The summed E-state index contributed by atoms with van der Waals surface area (Å²) in [7, 11) is 0. The number of benzene rings is 4. The summed E-state index contributed by atoms with van der Waals surface area (Å²) in [5.74, 6) is -1.47. The van der Waals surface area contributed by atoms with Crippen LogP contribution < -0.4 is 0 Å². The second-order valence-corrected chi connectivity index (χ2v) is 11.3. The molecule has 56 heavy (non-hydrogen) atoms. The van der Waals surface area contributed by atoms with Crippen molar-refractivity contribution < 1.29 is 44.9 Å². The van der Waals surface area contributed by atoms with E-state index in [9.17, 15) is 65.8 Å². The quantitative estimate of drug-likeness (QED) is 0.123. The minimum absolute atomic E-state index is 0.447. The lowest BCUT2D eigenvalue weighted by Gasteiger charge is -2.16. The van der Waals surface area contributed by atoms with Gasteiger partial charge in [0.15, 0.2) is 0 Å². The SMILES string of the molecule is Cc1ncc2n1-c1ccc(C(C)O)cc1C(c1ccccc1)=NC2.O=[N+]([O-])c1cc([N+](=O)[O-])c(O)c([N+](=O)[O-])c1.O=[N+]([O-])c1cc([N+](=O)[O-])c(O)c([N+](=O)[O-])c1. The first-order valence-corrected chi connectivity index (χ1v) is 15.4. The van der Waals surface area contributed by atoms with Gasteiger partial charge in [-0.15, -0.1) is 0 Å². The van der Waals surface area contributed by atoms with Crippen molar-refractivity contribution in [2.45, 2.75) is 26.5 Å². The van der Waals surface area contributed by atoms with Crippen LogP contribution in [-0.4, -0.2) is 60.1 Å². The highest BCUT2D eigenvalue weighted by Gasteiger charge is 2.31. The maximum absolute atomic E-state index is 10.4. The molecule has 0 spiro atoms. The zero-order chi connectivity index (χ0) is 41.6. The number of aromatic nitrogens is 2. The summed E-state index contributed by atoms with van der Waals surface area (Å²) in [6.07, 6.45) is 1.37. The summed E-state index contributed by atoms with van der Waals surface area (Å²) < 4.78 is 2.15. The van der Waals surface area contributed by atoms with Crippen molar-refractivity contribution in [3.63, 3.8) is 0 Å². The van der Waals surface area contributed by atoms with E-state index >= 15 is 0 Å². The molecular weight excluding hydrogens is 750 g/mol. The number of non-ortho nitro benzene ring substituents is 2. The van der Waals surface area contributed by atoms with Gasteiger partial charge in [-0.05, 0) is 31.5 Å². The Morgan fingerprint density at radius 3 is 1.50 bits per heavy atom. The molecule has 24 nitrogen and oxygen atoms in total. The number of aryl methyl sites for hydroxylation is 1. The molecule has 0 aliphatic carbocycles. The van der Waals surface area contributed by atoms with Crippen molar-refractivity contribution in [2.24, 2.45) is 4.99 Å². The normalized spacial score (nSPS) is 11.7. The second kappa shape index (κ2) is 16.6. The van der Waals surface area contributed by atoms with Gasteiger partial charge < -0.3 is 15.3 Å². The molecule has 1 aliphatic rings. The van der Waals surface area contributed by atoms with E-state index in [0.29, 0.717) is 30.8 Å². The number of phenols is 2. The Morgan fingerprint density at radius 1 is 0.661 bits per heavy atom. The molecule has 0 radical (unpaired) electrons. The minimum atomic E-state index is -1.21. The molecule has 5 aromatic rings. The molecule has 0 saturated heterocycles. The number of hydrogen-bond acceptors (Lipinski definition) is 17. The maximum Gasteiger partial charge on any atom is 0.324 e. The van der Waals surface area contributed by atoms with Crippen molar-refractivity contribution >= 4 is 39.8 Å². The lowest BCUT2D eigenvalue weighted by Crippen LogP contribution is -2.09. The van der Waals surface area contributed by atoms with Crippen LogP contribution in [0.25, 0.3) is 5.69 Å². The van der Waals surface area contributed by atoms with Crippen LogP contribution in [0.3, 0.4) is 0 Å². The van der Waals surface area contributed by atoms with Crippen LogP contribution in [0.15, 0.2) is 84.0 Å². The Bertz CT molecular complexity index is 2290. The summed E-state index contributed by atoms with van der Waals surface area (Å²) in [6, 6.07) is 18.1. The number of aliphatic hydroxyl groups excluding tert-OH is 1. The van der Waals surface area contributed by atoms with Crippen molar-refractivity contribution in [2.75, 3.05) is 0 Å². The van der Waals surface area contributed by atoms with Gasteiger partial charge in [-0.1, -0.05) is 36.4 Å². The van der Waals surface area contributed by atoms with Crippen molar-refractivity contribution in [3.8, 4) is 17.2 Å². The highest BCUT2D eigenvalue weighted by atomic mass is 16.7. The van der Waals surface area contributed by atoms with Crippen LogP contribution in [0.2, 0.25) is 0 Å². The van der Waals surface area contributed by atoms with E-state index in [2.05, 4.69) is 27.8 Å². The molecule has 1 aliphatic heterocycles. The topological polar surface area (TPSA) is 350 Å². The third-order valence-corrected chi connectivity index (χ3v) is 7.77. The van der Waals surface area contributed by atoms with Gasteiger partial charge in [-0.2, -0.15) is 0 Å². The van der Waals surface area contributed by atoms with E-state index in [1.54, 1.807) is 6.92 Å². The number of fused-ring (bicyclic) bond motifs is 3. The molecular formula is C32H25N9O15. The van der Waals surface area contributed by atoms with Gasteiger partial charge in [0, 0.05) is 11.1 Å². The Morgan fingerprint density at radius 2 is 1.11 bits per heavy atom. The predicted octanol–water partition coefficient (Wildman–Crippen LogP) is 5.82. The average Bonchev–Trinajstić information content (AvgIpc) is 3.42. The number of nitro benzene ring substituents is 6. The third-order valence-electron chi connectivity index (χ3n) is 7.77. The van der Waals surface area contributed by atoms with Crippen LogP contribution in [0.4, 0.5) is 34.1 Å². The standard InChI is InChI=1S/C20H19N3O.2C6H3N3O7/c1-13(24)16-8-9-19-18(10-16)20(15-6-4-3-5-7-15)22-12-17-11-21-14(2)23(17)19;2*10-6-4(8(13)14)1-3(7(11)12)2-5(6)9(15)16/h3-11,13,24H,12H2,1-2H3;2*1-2,10H. The highest BCUT2D eigenvalue weighted by molar-refractivity contribution is 6.15. The highest BCUT2D eigenvalue weighted by Crippen LogP contribution is 2.40. The van der Waals surface area contributed by atoms with E-state index in [1.807, 2.05) is 43.5 Å². The number of nitro groups is 6. The first-order valence-electron chi connectivity index (χ1n) is 15.4. The molecule has 3 N–H and O–H groups in total. The lowest BCUT2D eigenvalue weighted by atomic mass is 9.97. The number of aliphatic imine (C=N–C) groups is 1. The number of imidazole rings is 1. The van der Waals surface area contributed by atoms with E-state index in [-0.39, 0.29) is 0 Å². The Labute approximate surface area is 310 Å². The lowest BCUT2D eigenvalue weighted by molar-refractivity contribution is -0.404. The van der Waals surface area contributed by atoms with Gasteiger partial charge in [0.1, 0.15) is 5.82 Å². The molecule has 0 fully saturated rings. The number of nitrogens with zero attached hydrogens (tertiary/aromatic N) is 9. The fraction of sp³-hybridized carbons (Fsp3) is 0.125. The smallest absolute Gasteiger partial charge is 0.324 e. The van der Waals surface area contributed by atoms with Gasteiger partial charge in [-0.25, -0.2) is 4.98 Å². The minimum Gasteiger partial charge on any atom is -0.497 e. The van der Waals surface area contributed by atoms with Crippen LogP contribution in [0.1, 0.15) is 41.2 Å². The van der Waals surface area contributed by atoms with Crippen LogP contribution >= 0.6 is 0 Å². The first kappa shape index (κ1) is 40.5. The molecule has 1 aromatic heterocycles. The molecule has 4 aromatic carbocycles. The Kier molecular flexibility index (Phi) is 12.0. The van der Waals surface area contributed by atoms with Gasteiger partial charge in [0.2, 0.25) is 0 Å². The molecule has 2 heterocycles. The third kappa shape index (κ3) is 8.67. The molecule has 6 rings (SSSR count). The molecule has 0 bridgehead atoms. The van der Waals surface area contributed by atoms with Crippen LogP contribution in [0, 0.1) is 67.6 Å². The van der Waals surface area contributed by atoms with Crippen LogP contribution in [0.5, 0.6) is 11.5 Å². The fourth-order valence-corrected chi connectivity index (χ4v) is 5.17. The Hall–Kier alpha value is -8.28. The number of rotatable bonds is 8. The molecule has 24 heteroatoms. The first-order chi connectivity index (χ1) is 26.3. The zero-order valence-electron chi connectivity index (χ0n) is 28.6. The zero-order valence-corrected chi connectivity index (χ0v) is 28.6. The number of aliphatic hydroxyl groups is 1. The van der Waals surface area contributed by atoms with Crippen LogP contribution in [-0.2, 0) is 6.54 Å². The van der Waals surface area contributed by atoms with Gasteiger partial charge in [0.25, 0.3) is 22.9 Å². The summed E-state index contributed by atoms with van der Waals surface area (Å²) >= 11 is 0.